The van der Waals surface area contributed by atoms with Crippen LogP contribution in [0, 0.1) is 0 Å². The topological polar surface area (TPSA) is 75.7 Å². The Balaban J connectivity index is 1.85. The molecular weight excluding hydrogens is 244 g/mol. The van der Waals surface area contributed by atoms with Gasteiger partial charge in [0.05, 0.1) is 24.2 Å². The molecule has 98 valence electrons. The first-order valence-corrected chi connectivity index (χ1v) is 7.66. The molecule has 0 radical (unpaired) electrons. The summed E-state index contributed by atoms with van der Waals surface area (Å²) in [6.07, 6.45) is 0.565. The Morgan fingerprint density at radius 2 is 2.24 bits per heavy atom. The minimum absolute atomic E-state index is 0.0433. The fourth-order valence-corrected chi connectivity index (χ4v) is 3.85. The predicted molar refractivity (Wildman–Crippen MR) is 62.6 cm³/mol. The number of hydrogen-bond donors (Lipinski definition) is 1. The van der Waals surface area contributed by atoms with Crippen LogP contribution in [0.3, 0.4) is 0 Å². The zero-order chi connectivity index (χ0) is 12.5. The highest BCUT2D eigenvalue weighted by Gasteiger charge is 2.31. The molecule has 0 saturated carbocycles. The van der Waals surface area contributed by atoms with Crippen LogP contribution in [-0.4, -0.2) is 62.7 Å². The highest BCUT2D eigenvalue weighted by atomic mass is 32.2. The van der Waals surface area contributed by atoms with Gasteiger partial charge in [0.1, 0.15) is 0 Å². The number of carbonyl (C=O) groups is 1. The molecule has 0 aromatic carbocycles. The van der Waals surface area contributed by atoms with Crippen LogP contribution < -0.4 is 5.32 Å². The molecule has 2 aliphatic heterocycles. The average molecular weight is 262 g/mol. The van der Waals surface area contributed by atoms with Gasteiger partial charge >= 0.3 is 6.03 Å². The molecular formula is C10H18N2O4S. The first-order chi connectivity index (χ1) is 7.96. The number of ether oxygens (including phenoxy) is 1. The van der Waals surface area contributed by atoms with Crippen LogP contribution >= 0.6 is 0 Å². The van der Waals surface area contributed by atoms with Crippen molar-refractivity contribution in [1.29, 1.82) is 0 Å². The Labute approximate surface area is 101 Å². The van der Waals surface area contributed by atoms with Crippen LogP contribution in [0.5, 0.6) is 0 Å². The molecule has 2 atom stereocenters. The Kier molecular flexibility index (Phi) is 3.58. The van der Waals surface area contributed by atoms with Crippen molar-refractivity contribution >= 4 is 15.9 Å². The first-order valence-electron chi connectivity index (χ1n) is 5.84. The highest BCUT2D eigenvalue weighted by Crippen LogP contribution is 2.12. The van der Waals surface area contributed by atoms with Gasteiger partial charge in [-0.2, -0.15) is 0 Å². The maximum Gasteiger partial charge on any atom is 0.317 e. The van der Waals surface area contributed by atoms with Crippen molar-refractivity contribution in [3.05, 3.63) is 0 Å². The van der Waals surface area contributed by atoms with Crippen LogP contribution in [0.2, 0.25) is 0 Å². The minimum atomic E-state index is -2.94. The highest BCUT2D eigenvalue weighted by molar-refractivity contribution is 7.91. The van der Waals surface area contributed by atoms with Crippen molar-refractivity contribution in [3.8, 4) is 0 Å². The fraction of sp³-hybridized carbons (Fsp3) is 0.900. The second-order valence-corrected chi connectivity index (χ2v) is 6.91. The molecule has 2 rings (SSSR count). The summed E-state index contributed by atoms with van der Waals surface area (Å²) >= 11 is 0. The predicted octanol–water partition coefficient (Wildman–Crippen LogP) is -0.396. The smallest absolute Gasteiger partial charge is 0.317 e. The van der Waals surface area contributed by atoms with Crippen molar-refractivity contribution in [2.24, 2.45) is 0 Å². The third-order valence-corrected chi connectivity index (χ3v) is 4.86. The van der Waals surface area contributed by atoms with Gasteiger partial charge in [-0.15, -0.1) is 0 Å². The molecule has 0 aromatic heterocycles. The second-order valence-electron chi connectivity index (χ2n) is 4.68. The molecule has 7 heteroatoms. The number of amides is 2. The SMILES string of the molecule is C[C@@H]1CN(C(=O)N[C@@H]2CCS(=O)(=O)C2)CCO1. The summed E-state index contributed by atoms with van der Waals surface area (Å²) in [5.74, 6) is 0.246. The quantitative estimate of drug-likeness (QED) is 0.698. The summed E-state index contributed by atoms with van der Waals surface area (Å²) in [4.78, 5) is 13.6. The van der Waals surface area contributed by atoms with Gasteiger partial charge in [-0.1, -0.05) is 0 Å². The molecule has 0 aromatic rings. The molecule has 0 bridgehead atoms. The van der Waals surface area contributed by atoms with Crippen LogP contribution in [0.15, 0.2) is 0 Å². The van der Waals surface area contributed by atoms with E-state index in [1.165, 1.54) is 0 Å². The lowest BCUT2D eigenvalue weighted by Gasteiger charge is -2.31. The largest absolute Gasteiger partial charge is 0.375 e. The van der Waals surface area contributed by atoms with E-state index in [4.69, 9.17) is 4.74 Å². The summed E-state index contributed by atoms with van der Waals surface area (Å²) < 4.78 is 27.9. The van der Waals surface area contributed by atoms with Crippen molar-refractivity contribution < 1.29 is 17.9 Å². The molecule has 2 aliphatic rings. The number of hydrogen-bond acceptors (Lipinski definition) is 4. The zero-order valence-electron chi connectivity index (χ0n) is 9.89. The summed E-state index contributed by atoms with van der Waals surface area (Å²) in [6.45, 7) is 3.58. The van der Waals surface area contributed by atoms with Gasteiger partial charge in [0.15, 0.2) is 9.84 Å². The molecule has 2 heterocycles. The van der Waals surface area contributed by atoms with Crippen LogP contribution in [0.4, 0.5) is 4.79 Å². The van der Waals surface area contributed by atoms with E-state index in [1.807, 2.05) is 6.92 Å². The van der Waals surface area contributed by atoms with E-state index < -0.39 is 9.84 Å². The first kappa shape index (κ1) is 12.6. The fourth-order valence-electron chi connectivity index (χ4n) is 2.18. The van der Waals surface area contributed by atoms with Gasteiger partial charge in [0, 0.05) is 19.1 Å². The summed E-state index contributed by atoms with van der Waals surface area (Å²) in [5, 5.41) is 2.78. The van der Waals surface area contributed by atoms with Gasteiger partial charge in [-0.3, -0.25) is 0 Å². The molecule has 0 spiro atoms. The van der Waals surface area contributed by atoms with Gasteiger partial charge in [0.25, 0.3) is 0 Å². The van der Waals surface area contributed by atoms with Crippen LogP contribution in [0.1, 0.15) is 13.3 Å². The third-order valence-electron chi connectivity index (χ3n) is 3.09. The number of sulfone groups is 1. The van der Waals surface area contributed by atoms with Gasteiger partial charge in [0.2, 0.25) is 0 Å². The number of nitrogens with zero attached hydrogens (tertiary/aromatic N) is 1. The lowest BCUT2D eigenvalue weighted by molar-refractivity contribution is -0.00376. The van der Waals surface area contributed by atoms with Crippen molar-refractivity contribution in [2.45, 2.75) is 25.5 Å². The molecule has 6 nitrogen and oxygen atoms in total. The third kappa shape index (κ3) is 3.32. The van der Waals surface area contributed by atoms with E-state index in [1.54, 1.807) is 4.90 Å². The van der Waals surface area contributed by atoms with Crippen LogP contribution in [0.25, 0.3) is 0 Å². The molecule has 17 heavy (non-hydrogen) atoms. The lowest BCUT2D eigenvalue weighted by Crippen LogP contribution is -2.51. The van der Waals surface area contributed by atoms with E-state index in [0.29, 0.717) is 26.1 Å². The average Bonchev–Trinajstić information content (AvgIpc) is 2.58. The lowest BCUT2D eigenvalue weighted by atomic mass is 10.2. The second kappa shape index (κ2) is 4.81. The number of urea groups is 1. The van der Waals surface area contributed by atoms with Crippen LogP contribution in [-0.2, 0) is 14.6 Å². The normalized spacial score (nSPS) is 32.4. The summed E-state index contributed by atoms with van der Waals surface area (Å²) in [6, 6.07) is -0.409. The van der Waals surface area contributed by atoms with Crippen molar-refractivity contribution in [3.63, 3.8) is 0 Å². The Bertz CT molecular complexity index is 395. The maximum absolute atomic E-state index is 11.9. The number of rotatable bonds is 1. The molecule has 2 fully saturated rings. The van der Waals surface area contributed by atoms with Gasteiger partial charge in [-0.25, -0.2) is 13.2 Å². The molecule has 0 unspecified atom stereocenters. The van der Waals surface area contributed by atoms with E-state index in [-0.39, 0.29) is 29.7 Å². The molecule has 1 N–H and O–H groups in total. The maximum atomic E-state index is 11.9. The summed E-state index contributed by atoms with van der Waals surface area (Å²) in [5.41, 5.74) is 0. The number of morpholine rings is 1. The van der Waals surface area contributed by atoms with E-state index >= 15 is 0 Å². The van der Waals surface area contributed by atoms with E-state index in [2.05, 4.69) is 5.32 Å². The van der Waals surface area contributed by atoms with Gasteiger partial charge < -0.3 is 15.0 Å². The molecule has 2 saturated heterocycles. The summed E-state index contributed by atoms with van der Waals surface area (Å²) in [7, 11) is -2.94. The Hall–Kier alpha value is -0.820. The number of carbonyl (C=O) groups excluding carboxylic acids is 1. The van der Waals surface area contributed by atoms with Gasteiger partial charge in [-0.05, 0) is 13.3 Å². The minimum Gasteiger partial charge on any atom is -0.375 e. The van der Waals surface area contributed by atoms with E-state index in [0.717, 1.165) is 0 Å². The van der Waals surface area contributed by atoms with Crippen molar-refractivity contribution in [2.75, 3.05) is 31.2 Å². The Morgan fingerprint density at radius 1 is 1.47 bits per heavy atom. The molecule has 2 amide bonds. The zero-order valence-corrected chi connectivity index (χ0v) is 10.7. The Morgan fingerprint density at radius 3 is 2.82 bits per heavy atom. The standard InChI is InChI=1S/C10H18N2O4S/c1-8-6-12(3-4-16-8)10(13)11-9-2-5-17(14,15)7-9/h8-9H,2-7H2,1H3,(H,11,13)/t8-,9-/m1/s1. The monoisotopic (exact) mass is 262 g/mol. The van der Waals surface area contributed by atoms with Crippen molar-refractivity contribution in [1.82, 2.24) is 10.2 Å². The molecule has 0 aliphatic carbocycles. The number of nitrogens with one attached hydrogen (secondary N) is 1. The van der Waals surface area contributed by atoms with E-state index in [9.17, 15) is 13.2 Å².